The SMILES string of the molecule is COc1ccc(C(=O)N2CCC[C@@H]2c2ccn[nH]2)cc1. The Labute approximate surface area is 117 Å². The summed E-state index contributed by atoms with van der Waals surface area (Å²) in [5, 5.41) is 6.95. The number of nitrogens with one attached hydrogen (secondary N) is 1. The number of amides is 1. The Hall–Kier alpha value is -2.30. The van der Waals surface area contributed by atoms with Crippen molar-refractivity contribution in [2.45, 2.75) is 18.9 Å². The summed E-state index contributed by atoms with van der Waals surface area (Å²) in [6.07, 6.45) is 3.72. The van der Waals surface area contributed by atoms with Crippen molar-refractivity contribution in [2.75, 3.05) is 13.7 Å². The average Bonchev–Trinajstić information content (AvgIpc) is 3.16. The maximum absolute atomic E-state index is 12.6. The summed E-state index contributed by atoms with van der Waals surface area (Å²) in [7, 11) is 1.62. The number of benzene rings is 1. The lowest BCUT2D eigenvalue weighted by Gasteiger charge is -2.23. The summed E-state index contributed by atoms with van der Waals surface area (Å²) >= 11 is 0. The molecule has 1 aromatic carbocycles. The van der Waals surface area contributed by atoms with Gasteiger partial charge in [0.05, 0.1) is 18.8 Å². The third kappa shape index (κ3) is 2.27. The highest BCUT2D eigenvalue weighted by Crippen LogP contribution is 2.32. The van der Waals surface area contributed by atoms with E-state index in [-0.39, 0.29) is 11.9 Å². The highest BCUT2D eigenvalue weighted by atomic mass is 16.5. The van der Waals surface area contributed by atoms with Gasteiger partial charge in [0.2, 0.25) is 0 Å². The lowest BCUT2D eigenvalue weighted by molar-refractivity contribution is 0.0733. The molecule has 3 rings (SSSR count). The van der Waals surface area contributed by atoms with Crippen molar-refractivity contribution in [2.24, 2.45) is 0 Å². The van der Waals surface area contributed by atoms with E-state index in [0.717, 1.165) is 30.8 Å². The number of carbonyl (C=O) groups excluding carboxylic acids is 1. The van der Waals surface area contributed by atoms with E-state index in [9.17, 15) is 4.79 Å². The maximum atomic E-state index is 12.6. The molecule has 0 bridgehead atoms. The first-order valence-corrected chi connectivity index (χ1v) is 6.74. The fourth-order valence-electron chi connectivity index (χ4n) is 2.68. The third-order valence-corrected chi connectivity index (χ3v) is 3.73. The fourth-order valence-corrected chi connectivity index (χ4v) is 2.68. The minimum Gasteiger partial charge on any atom is -0.497 e. The molecule has 2 aromatic rings. The van der Waals surface area contributed by atoms with Crippen LogP contribution in [0.3, 0.4) is 0 Å². The smallest absolute Gasteiger partial charge is 0.254 e. The number of nitrogens with zero attached hydrogens (tertiary/aromatic N) is 2. The number of hydrogen-bond donors (Lipinski definition) is 1. The van der Waals surface area contributed by atoms with E-state index in [4.69, 9.17) is 4.74 Å². The van der Waals surface area contributed by atoms with Crippen LogP contribution in [0.4, 0.5) is 0 Å². The minimum atomic E-state index is 0.0600. The Morgan fingerprint density at radius 2 is 2.15 bits per heavy atom. The maximum Gasteiger partial charge on any atom is 0.254 e. The van der Waals surface area contributed by atoms with Crippen molar-refractivity contribution < 1.29 is 9.53 Å². The molecule has 1 atom stereocenters. The van der Waals surface area contributed by atoms with Crippen LogP contribution in [0.15, 0.2) is 36.5 Å². The topological polar surface area (TPSA) is 58.2 Å². The highest BCUT2D eigenvalue weighted by molar-refractivity contribution is 5.94. The van der Waals surface area contributed by atoms with Crippen LogP contribution < -0.4 is 4.74 Å². The molecule has 1 N–H and O–H groups in total. The molecule has 1 aliphatic rings. The van der Waals surface area contributed by atoms with Gasteiger partial charge >= 0.3 is 0 Å². The number of likely N-dealkylation sites (tertiary alicyclic amines) is 1. The Morgan fingerprint density at radius 1 is 1.35 bits per heavy atom. The van der Waals surface area contributed by atoms with Crippen LogP contribution in [0.5, 0.6) is 5.75 Å². The zero-order chi connectivity index (χ0) is 13.9. The van der Waals surface area contributed by atoms with E-state index in [1.54, 1.807) is 13.3 Å². The second kappa shape index (κ2) is 5.36. The standard InChI is InChI=1S/C15H17N3O2/c1-20-12-6-4-11(5-7-12)15(19)18-10-2-3-14(18)13-8-9-16-17-13/h4-9,14H,2-3,10H2,1H3,(H,16,17)/t14-/m1/s1. The molecule has 2 heterocycles. The summed E-state index contributed by atoms with van der Waals surface area (Å²) in [5.41, 5.74) is 1.70. The van der Waals surface area contributed by atoms with Crippen LogP contribution in [-0.2, 0) is 0 Å². The van der Waals surface area contributed by atoms with Crippen LogP contribution in [0.1, 0.15) is 34.9 Å². The first-order valence-electron chi connectivity index (χ1n) is 6.74. The predicted molar refractivity (Wildman–Crippen MR) is 74.6 cm³/mol. The van der Waals surface area contributed by atoms with Gasteiger partial charge in [0.15, 0.2) is 0 Å². The number of carbonyl (C=O) groups is 1. The molecular weight excluding hydrogens is 254 g/mol. The van der Waals surface area contributed by atoms with Crippen LogP contribution in [0.25, 0.3) is 0 Å². The molecule has 0 saturated carbocycles. The molecule has 5 heteroatoms. The van der Waals surface area contributed by atoms with Crippen molar-refractivity contribution in [3.63, 3.8) is 0 Å². The molecule has 1 aliphatic heterocycles. The molecule has 0 radical (unpaired) electrons. The molecule has 1 aromatic heterocycles. The van der Waals surface area contributed by atoms with E-state index in [0.29, 0.717) is 5.56 Å². The molecule has 1 fully saturated rings. The molecule has 0 spiro atoms. The van der Waals surface area contributed by atoms with Crippen molar-refractivity contribution in [1.29, 1.82) is 0 Å². The number of H-pyrrole nitrogens is 1. The third-order valence-electron chi connectivity index (χ3n) is 3.73. The Kier molecular flexibility index (Phi) is 3.41. The molecule has 0 aliphatic carbocycles. The van der Waals surface area contributed by atoms with E-state index < -0.39 is 0 Å². The largest absolute Gasteiger partial charge is 0.497 e. The molecule has 5 nitrogen and oxygen atoms in total. The molecule has 1 saturated heterocycles. The van der Waals surface area contributed by atoms with Crippen LogP contribution in [-0.4, -0.2) is 34.7 Å². The van der Waals surface area contributed by atoms with Gasteiger partial charge in [0.1, 0.15) is 5.75 Å². The van der Waals surface area contributed by atoms with Gasteiger partial charge in [-0.2, -0.15) is 5.10 Å². The van der Waals surface area contributed by atoms with Gasteiger partial charge in [-0.25, -0.2) is 0 Å². The van der Waals surface area contributed by atoms with Gasteiger partial charge in [-0.1, -0.05) is 0 Å². The van der Waals surface area contributed by atoms with E-state index in [2.05, 4.69) is 10.2 Å². The lowest BCUT2D eigenvalue weighted by atomic mass is 10.1. The van der Waals surface area contributed by atoms with Gasteiger partial charge in [0, 0.05) is 18.3 Å². The second-order valence-electron chi connectivity index (χ2n) is 4.90. The number of aromatic amines is 1. The number of ether oxygens (including phenoxy) is 1. The molecule has 104 valence electrons. The van der Waals surface area contributed by atoms with Crippen LogP contribution in [0.2, 0.25) is 0 Å². The second-order valence-corrected chi connectivity index (χ2v) is 4.90. The van der Waals surface area contributed by atoms with Crippen LogP contribution >= 0.6 is 0 Å². The molecular formula is C15H17N3O2. The quantitative estimate of drug-likeness (QED) is 0.932. The fraction of sp³-hybridized carbons (Fsp3) is 0.333. The molecule has 0 unspecified atom stereocenters. The highest BCUT2D eigenvalue weighted by Gasteiger charge is 2.31. The number of rotatable bonds is 3. The van der Waals surface area contributed by atoms with E-state index in [1.165, 1.54) is 0 Å². The van der Waals surface area contributed by atoms with Gasteiger partial charge in [0.25, 0.3) is 5.91 Å². The molecule has 20 heavy (non-hydrogen) atoms. The number of aromatic nitrogens is 2. The van der Waals surface area contributed by atoms with Gasteiger partial charge < -0.3 is 9.64 Å². The summed E-state index contributed by atoms with van der Waals surface area (Å²) < 4.78 is 5.12. The van der Waals surface area contributed by atoms with Gasteiger partial charge in [-0.3, -0.25) is 9.89 Å². The van der Waals surface area contributed by atoms with Crippen molar-refractivity contribution in [1.82, 2.24) is 15.1 Å². The van der Waals surface area contributed by atoms with E-state index >= 15 is 0 Å². The number of methoxy groups -OCH3 is 1. The first kappa shape index (κ1) is 12.7. The predicted octanol–water partition coefficient (Wildman–Crippen LogP) is 2.40. The summed E-state index contributed by atoms with van der Waals surface area (Å²) in [6.45, 7) is 0.786. The Bertz CT molecular complexity index is 578. The van der Waals surface area contributed by atoms with Gasteiger partial charge in [-0.15, -0.1) is 0 Å². The van der Waals surface area contributed by atoms with Crippen molar-refractivity contribution >= 4 is 5.91 Å². The summed E-state index contributed by atoms with van der Waals surface area (Å²) in [6, 6.07) is 9.28. The Balaban J connectivity index is 1.81. The average molecular weight is 271 g/mol. The number of hydrogen-bond acceptors (Lipinski definition) is 3. The summed E-state index contributed by atoms with van der Waals surface area (Å²) in [4.78, 5) is 14.5. The zero-order valence-electron chi connectivity index (χ0n) is 11.4. The first-order chi connectivity index (χ1) is 9.79. The Morgan fingerprint density at radius 3 is 2.80 bits per heavy atom. The van der Waals surface area contributed by atoms with E-state index in [1.807, 2.05) is 35.2 Å². The van der Waals surface area contributed by atoms with Gasteiger partial charge in [-0.05, 0) is 43.2 Å². The van der Waals surface area contributed by atoms with Crippen molar-refractivity contribution in [3.05, 3.63) is 47.8 Å². The zero-order valence-corrected chi connectivity index (χ0v) is 11.4. The molecule has 1 amide bonds. The monoisotopic (exact) mass is 271 g/mol. The normalized spacial score (nSPS) is 18.2. The minimum absolute atomic E-state index is 0.0600. The van der Waals surface area contributed by atoms with Crippen molar-refractivity contribution in [3.8, 4) is 5.75 Å². The van der Waals surface area contributed by atoms with Crippen LogP contribution in [0, 0.1) is 0 Å². The summed E-state index contributed by atoms with van der Waals surface area (Å²) in [5.74, 6) is 0.817. The lowest BCUT2D eigenvalue weighted by Crippen LogP contribution is -2.30.